The lowest BCUT2D eigenvalue weighted by Crippen LogP contribution is -2.41. The molecule has 0 saturated carbocycles. The van der Waals surface area contributed by atoms with Gasteiger partial charge < -0.3 is 10.1 Å². The molecule has 128 valence electrons. The third kappa shape index (κ3) is 5.53. The van der Waals surface area contributed by atoms with Gasteiger partial charge in [-0.3, -0.25) is 14.6 Å². The molecule has 6 nitrogen and oxygen atoms in total. The molecule has 0 radical (unpaired) electrons. The molecule has 7 heteroatoms. The molecule has 2 aliphatic rings. The number of aromatic nitrogens is 1. The zero-order chi connectivity index (χ0) is 15.9. The Balaban J connectivity index is 1.45. The fourth-order valence-electron chi connectivity index (χ4n) is 3.08. The largest absolute Gasteiger partial charge is 0.379 e. The lowest BCUT2D eigenvalue weighted by atomic mass is 10.2. The monoisotopic (exact) mass is 338 g/mol. The molecule has 0 unspecified atom stereocenters. The van der Waals surface area contributed by atoms with E-state index in [-0.39, 0.29) is 5.91 Å². The van der Waals surface area contributed by atoms with Gasteiger partial charge in [0.15, 0.2) is 5.13 Å². The zero-order valence-corrected chi connectivity index (χ0v) is 14.4. The number of hydrogen-bond acceptors (Lipinski definition) is 6. The Labute approximate surface area is 141 Å². The molecule has 3 rings (SSSR count). The summed E-state index contributed by atoms with van der Waals surface area (Å²) in [5, 5.41) is 5.71. The molecule has 1 aromatic rings. The smallest absolute Gasteiger partial charge is 0.240 e. The van der Waals surface area contributed by atoms with Crippen LogP contribution in [0.5, 0.6) is 0 Å². The minimum absolute atomic E-state index is 0.0163. The van der Waals surface area contributed by atoms with Gasteiger partial charge in [-0.05, 0) is 25.9 Å². The van der Waals surface area contributed by atoms with Crippen LogP contribution in [0.25, 0.3) is 0 Å². The van der Waals surface area contributed by atoms with E-state index >= 15 is 0 Å². The SMILES string of the molecule is O=C(CN1CCOCC1)Nc1nc(CN2CCCCCC2)cs1. The van der Waals surface area contributed by atoms with Crippen LogP contribution in [0.1, 0.15) is 31.4 Å². The minimum Gasteiger partial charge on any atom is -0.379 e. The molecule has 1 N–H and O–H groups in total. The van der Waals surface area contributed by atoms with Gasteiger partial charge in [0.05, 0.1) is 25.5 Å². The van der Waals surface area contributed by atoms with Gasteiger partial charge in [-0.1, -0.05) is 12.8 Å². The number of anilines is 1. The summed E-state index contributed by atoms with van der Waals surface area (Å²) in [7, 11) is 0. The lowest BCUT2D eigenvalue weighted by molar-refractivity contribution is -0.118. The number of thiazole rings is 1. The Morgan fingerprint density at radius 2 is 1.87 bits per heavy atom. The van der Waals surface area contributed by atoms with Crippen molar-refractivity contribution in [1.82, 2.24) is 14.8 Å². The number of morpholine rings is 1. The Morgan fingerprint density at radius 1 is 1.13 bits per heavy atom. The van der Waals surface area contributed by atoms with Gasteiger partial charge in [-0.2, -0.15) is 0 Å². The molecule has 0 bridgehead atoms. The molecule has 1 aromatic heterocycles. The third-order valence-corrected chi connectivity index (χ3v) is 5.16. The van der Waals surface area contributed by atoms with Gasteiger partial charge in [0, 0.05) is 25.0 Å². The van der Waals surface area contributed by atoms with Crippen LogP contribution in [0.3, 0.4) is 0 Å². The first-order chi connectivity index (χ1) is 11.3. The second-order valence-electron chi connectivity index (χ2n) is 6.27. The summed E-state index contributed by atoms with van der Waals surface area (Å²) in [4.78, 5) is 21.2. The van der Waals surface area contributed by atoms with Crippen molar-refractivity contribution in [2.24, 2.45) is 0 Å². The number of rotatable bonds is 5. The highest BCUT2D eigenvalue weighted by atomic mass is 32.1. The first-order valence-electron chi connectivity index (χ1n) is 8.56. The number of carbonyl (C=O) groups is 1. The number of likely N-dealkylation sites (tertiary alicyclic amines) is 1. The van der Waals surface area contributed by atoms with Gasteiger partial charge in [-0.15, -0.1) is 11.3 Å². The van der Waals surface area contributed by atoms with E-state index in [0.29, 0.717) is 24.9 Å². The molecule has 0 aromatic carbocycles. The van der Waals surface area contributed by atoms with E-state index in [0.717, 1.165) is 38.4 Å². The number of amides is 1. The Hall–Kier alpha value is -1.02. The minimum atomic E-state index is 0.0163. The number of nitrogens with one attached hydrogen (secondary N) is 1. The van der Waals surface area contributed by atoms with Crippen molar-refractivity contribution in [2.45, 2.75) is 32.2 Å². The predicted molar refractivity (Wildman–Crippen MR) is 91.7 cm³/mol. The number of nitrogens with zero attached hydrogens (tertiary/aromatic N) is 3. The molecule has 2 fully saturated rings. The van der Waals surface area contributed by atoms with E-state index in [1.807, 2.05) is 0 Å². The van der Waals surface area contributed by atoms with Crippen LogP contribution in [0.15, 0.2) is 5.38 Å². The molecular formula is C16H26N4O2S. The van der Waals surface area contributed by atoms with Gasteiger partial charge in [-0.25, -0.2) is 4.98 Å². The van der Waals surface area contributed by atoms with Crippen LogP contribution < -0.4 is 5.32 Å². The first kappa shape index (κ1) is 16.8. The average molecular weight is 338 g/mol. The highest BCUT2D eigenvalue weighted by Gasteiger charge is 2.16. The van der Waals surface area contributed by atoms with Crippen LogP contribution in [-0.2, 0) is 16.1 Å². The lowest BCUT2D eigenvalue weighted by Gasteiger charge is -2.25. The van der Waals surface area contributed by atoms with Crippen LogP contribution in [0.4, 0.5) is 5.13 Å². The number of carbonyl (C=O) groups excluding carboxylic acids is 1. The van der Waals surface area contributed by atoms with E-state index < -0.39 is 0 Å². The van der Waals surface area contributed by atoms with Crippen molar-refractivity contribution in [2.75, 3.05) is 51.3 Å². The van der Waals surface area contributed by atoms with Crippen molar-refractivity contribution >= 4 is 22.4 Å². The van der Waals surface area contributed by atoms with Crippen molar-refractivity contribution in [3.63, 3.8) is 0 Å². The van der Waals surface area contributed by atoms with E-state index in [1.165, 1.54) is 37.0 Å². The summed E-state index contributed by atoms with van der Waals surface area (Å²) < 4.78 is 5.30. The summed E-state index contributed by atoms with van der Waals surface area (Å²) in [5.74, 6) is 0.0163. The predicted octanol–water partition coefficient (Wildman–Crippen LogP) is 1.79. The summed E-state index contributed by atoms with van der Waals surface area (Å²) in [6, 6.07) is 0. The van der Waals surface area contributed by atoms with Crippen LogP contribution in [0.2, 0.25) is 0 Å². The summed E-state index contributed by atoms with van der Waals surface area (Å²) >= 11 is 1.52. The second-order valence-corrected chi connectivity index (χ2v) is 7.13. The van der Waals surface area contributed by atoms with Crippen molar-refractivity contribution < 1.29 is 9.53 Å². The molecule has 0 atom stereocenters. The third-order valence-electron chi connectivity index (χ3n) is 4.35. The quantitative estimate of drug-likeness (QED) is 0.887. The fraction of sp³-hybridized carbons (Fsp3) is 0.750. The standard InChI is InChI=1S/C16H26N4O2S/c21-15(12-20-7-9-22-10-8-20)18-16-17-14(13-23-16)11-19-5-3-1-2-4-6-19/h13H,1-12H2,(H,17,18,21). The van der Waals surface area contributed by atoms with E-state index in [4.69, 9.17) is 4.74 Å². The molecule has 2 aliphatic heterocycles. The molecule has 23 heavy (non-hydrogen) atoms. The molecule has 1 amide bonds. The van der Waals surface area contributed by atoms with Gasteiger partial charge in [0.1, 0.15) is 0 Å². The Kier molecular flexibility index (Phi) is 6.38. The maximum absolute atomic E-state index is 12.1. The normalized spacial score (nSPS) is 21.0. The first-order valence-corrected chi connectivity index (χ1v) is 9.44. The summed E-state index contributed by atoms with van der Waals surface area (Å²) in [5.41, 5.74) is 1.07. The van der Waals surface area contributed by atoms with Crippen molar-refractivity contribution in [3.8, 4) is 0 Å². The Bertz CT molecular complexity index is 494. The maximum atomic E-state index is 12.1. The van der Waals surface area contributed by atoms with E-state index in [9.17, 15) is 4.79 Å². The summed E-state index contributed by atoms with van der Waals surface area (Å²) in [6.45, 7) is 6.72. The highest BCUT2D eigenvalue weighted by Crippen LogP contribution is 2.18. The highest BCUT2D eigenvalue weighted by molar-refractivity contribution is 7.13. The van der Waals surface area contributed by atoms with E-state index in [1.54, 1.807) is 0 Å². The fourth-order valence-corrected chi connectivity index (χ4v) is 3.80. The molecule has 2 saturated heterocycles. The van der Waals surface area contributed by atoms with Crippen LogP contribution in [-0.4, -0.2) is 66.6 Å². The van der Waals surface area contributed by atoms with Crippen LogP contribution >= 0.6 is 11.3 Å². The van der Waals surface area contributed by atoms with E-state index in [2.05, 4.69) is 25.5 Å². The second kappa shape index (κ2) is 8.73. The molecular weight excluding hydrogens is 312 g/mol. The Morgan fingerprint density at radius 3 is 2.61 bits per heavy atom. The van der Waals surface area contributed by atoms with Crippen molar-refractivity contribution in [3.05, 3.63) is 11.1 Å². The molecule has 0 aliphatic carbocycles. The topological polar surface area (TPSA) is 57.7 Å². The average Bonchev–Trinajstić information content (AvgIpc) is 2.81. The maximum Gasteiger partial charge on any atom is 0.240 e. The van der Waals surface area contributed by atoms with Crippen LogP contribution in [0, 0.1) is 0 Å². The molecule has 3 heterocycles. The summed E-state index contributed by atoms with van der Waals surface area (Å²) in [6.07, 6.45) is 5.26. The van der Waals surface area contributed by atoms with Gasteiger partial charge in [0.25, 0.3) is 0 Å². The van der Waals surface area contributed by atoms with Gasteiger partial charge in [0.2, 0.25) is 5.91 Å². The van der Waals surface area contributed by atoms with Crippen molar-refractivity contribution in [1.29, 1.82) is 0 Å². The van der Waals surface area contributed by atoms with Gasteiger partial charge >= 0.3 is 0 Å². The zero-order valence-electron chi connectivity index (χ0n) is 13.6. The number of hydrogen-bond donors (Lipinski definition) is 1. The number of ether oxygens (including phenoxy) is 1. The molecule has 0 spiro atoms.